The summed E-state index contributed by atoms with van der Waals surface area (Å²) in [5.74, 6) is -0.642. The molecule has 0 saturated carbocycles. The number of nitrogens with zero attached hydrogens (tertiary/aromatic N) is 3. The van der Waals surface area contributed by atoms with Crippen LogP contribution in [0.15, 0.2) is 77.1 Å². The number of para-hydroxylation sites is 1. The van der Waals surface area contributed by atoms with Gasteiger partial charge in [0.15, 0.2) is 0 Å². The van der Waals surface area contributed by atoms with Crippen molar-refractivity contribution in [3.8, 4) is 22.2 Å². The fourth-order valence-corrected chi connectivity index (χ4v) is 4.70. The summed E-state index contributed by atoms with van der Waals surface area (Å²) in [6, 6.07) is 22.3. The van der Waals surface area contributed by atoms with Crippen molar-refractivity contribution < 1.29 is 4.79 Å². The van der Waals surface area contributed by atoms with Gasteiger partial charge in [-0.3, -0.25) is 14.3 Å². The van der Waals surface area contributed by atoms with Gasteiger partial charge in [0.2, 0.25) is 0 Å². The van der Waals surface area contributed by atoms with Crippen LogP contribution in [0.2, 0.25) is 5.02 Å². The van der Waals surface area contributed by atoms with Crippen molar-refractivity contribution in [2.24, 2.45) is 7.05 Å². The van der Waals surface area contributed by atoms with Crippen LogP contribution >= 0.6 is 22.9 Å². The largest absolute Gasteiger partial charge is 0.315 e. The maximum atomic E-state index is 13.0. The van der Waals surface area contributed by atoms with Gasteiger partial charge in [0, 0.05) is 27.4 Å². The number of amides is 1. The molecule has 0 radical (unpaired) electrons. The molecule has 4 aromatic rings. The summed E-state index contributed by atoms with van der Waals surface area (Å²) < 4.78 is 3.13. The average Bonchev–Trinajstić information content (AvgIpc) is 3.37. The molecule has 1 N–H and O–H groups in total. The van der Waals surface area contributed by atoms with Crippen molar-refractivity contribution in [1.82, 2.24) is 9.36 Å². The third-order valence-corrected chi connectivity index (χ3v) is 6.61. The number of hydrogen-bond donors (Lipinski definition) is 1. The van der Waals surface area contributed by atoms with Crippen LogP contribution in [0.1, 0.15) is 10.6 Å². The molecule has 0 unspecified atom stereocenters. The first kappa shape index (κ1) is 22.3. The molecule has 6 nitrogen and oxygen atoms in total. The quantitative estimate of drug-likeness (QED) is 0.310. The molecule has 8 heteroatoms. The number of halogens is 1. The Morgan fingerprint density at radius 3 is 2.48 bits per heavy atom. The monoisotopic (exact) mass is 474 g/mol. The van der Waals surface area contributed by atoms with Crippen molar-refractivity contribution in [3.63, 3.8) is 0 Å². The fraction of sp³-hybridized carbons (Fsp3) is 0.0800. The van der Waals surface area contributed by atoms with Crippen LogP contribution < -0.4 is 10.9 Å². The molecule has 33 heavy (non-hydrogen) atoms. The van der Waals surface area contributed by atoms with Gasteiger partial charge in [0.1, 0.15) is 17.3 Å². The lowest BCUT2D eigenvalue weighted by molar-refractivity contribution is -0.112. The van der Waals surface area contributed by atoms with Crippen molar-refractivity contribution >= 4 is 40.6 Å². The predicted octanol–water partition coefficient (Wildman–Crippen LogP) is 5.41. The van der Waals surface area contributed by atoms with E-state index in [1.165, 1.54) is 22.1 Å². The van der Waals surface area contributed by atoms with Crippen molar-refractivity contribution in [1.29, 1.82) is 5.26 Å². The molecule has 0 saturated heterocycles. The van der Waals surface area contributed by atoms with Crippen LogP contribution in [0.5, 0.6) is 0 Å². The van der Waals surface area contributed by atoms with Crippen molar-refractivity contribution in [3.05, 3.63) is 98.3 Å². The van der Waals surface area contributed by atoms with Gasteiger partial charge in [-0.2, -0.15) is 5.26 Å². The van der Waals surface area contributed by atoms with E-state index in [2.05, 4.69) is 5.32 Å². The molecular weight excluding hydrogens is 456 g/mol. The molecule has 4 rings (SSSR count). The number of hydrogen-bond acceptors (Lipinski definition) is 4. The minimum atomic E-state index is -0.642. The van der Waals surface area contributed by atoms with E-state index in [1.54, 1.807) is 30.8 Å². The second-order valence-electron chi connectivity index (χ2n) is 7.24. The first-order valence-electron chi connectivity index (χ1n) is 10.0. The summed E-state index contributed by atoms with van der Waals surface area (Å²) in [7, 11) is 1.74. The standard InChI is InChI=1S/C25H19ClN4O2S/c1-16-23(25(32)30(29(16)2)18-8-4-3-5-9-18)28-24(31)17(15-27)14-19-12-13-22(33-19)20-10-6-7-11-21(20)26/h3-14H,1-2H3,(H,28,31)/b17-14+. The Morgan fingerprint density at radius 1 is 1.09 bits per heavy atom. The summed E-state index contributed by atoms with van der Waals surface area (Å²) in [4.78, 5) is 27.5. The second-order valence-corrected chi connectivity index (χ2v) is 8.76. The van der Waals surface area contributed by atoms with Gasteiger partial charge >= 0.3 is 0 Å². The number of rotatable bonds is 5. The highest BCUT2D eigenvalue weighted by molar-refractivity contribution is 7.16. The number of carbonyl (C=O) groups is 1. The van der Waals surface area contributed by atoms with Crippen LogP contribution in [-0.2, 0) is 11.8 Å². The van der Waals surface area contributed by atoms with Gasteiger partial charge in [-0.25, -0.2) is 4.68 Å². The summed E-state index contributed by atoms with van der Waals surface area (Å²) in [5, 5.41) is 12.9. The first-order chi connectivity index (χ1) is 15.9. The number of thiophene rings is 1. The number of nitrogens with one attached hydrogen (secondary N) is 1. The highest BCUT2D eigenvalue weighted by Gasteiger charge is 2.20. The Kier molecular flexibility index (Phi) is 6.31. The van der Waals surface area contributed by atoms with Crippen molar-refractivity contribution in [2.45, 2.75) is 6.92 Å². The third-order valence-electron chi connectivity index (χ3n) is 5.21. The zero-order valence-electron chi connectivity index (χ0n) is 17.9. The lowest BCUT2D eigenvalue weighted by Crippen LogP contribution is -2.23. The SMILES string of the molecule is Cc1c(NC(=O)/C(C#N)=C/c2ccc(-c3ccccc3Cl)s2)c(=O)n(-c2ccccc2)n1C. The number of anilines is 1. The van der Waals surface area contributed by atoms with Crippen molar-refractivity contribution in [2.75, 3.05) is 5.32 Å². The Hall–Kier alpha value is -3.86. The molecule has 0 bridgehead atoms. The molecule has 1 amide bonds. The Labute approximate surface area is 199 Å². The van der Waals surface area contributed by atoms with E-state index < -0.39 is 5.91 Å². The molecule has 0 fully saturated rings. The highest BCUT2D eigenvalue weighted by atomic mass is 35.5. The Bertz CT molecular complexity index is 1470. The average molecular weight is 475 g/mol. The second kappa shape index (κ2) is 9.33. The van der Waals surface area contributed by atoms with E-state index in [4.69, 9.17) is 11.6 Å². The zero-order valence-corrected chi connectivity index (χ0v) is 19.4. The maximum Gasteiger partial charge on any atom is 0.295 e. The topological polar surface area (TPSA) is 79.8 Å². The third kappa shape index (κ3) is 4.40. The van der Waals surface area contributed by atoms with E-state index >= 15 is 0 Å². The van der Waals surface area contributed by atoms with E-state index in [-0.39, 0.29) is 16.8 Å². The molecule has 0 aliphatic rings. The van der Waals surface area contributed by atoms with Crippen LogP contribution in [0.4, 0.5) is 5.69 Å². The first-order valence-corrected chi connectivity index (χ1v) is 11.2. The normalized spacial score (nSPS) is 11.3. The van der Waals surface area contributed by atoms with Gasteiger partial charge < -0.3 is 5.32 Å². The van der Waals surface area contributed by atoms with Crippen LogP contribution in [-0.4, -0.2) is 15.3 Å². The molecule has 0 aliphatic heterocycles. The molecule has 2 aromatic carbocycles. The zero-order chi connectivity index (χ0) is 23.5. The van der Waals surface area contributed by atoms with E-state index in [0.717, 1.165) is 15.3 Å². The van der Waals surface area contributed by atoms with Gasteiger partial charge in [-0.1, -0.05) is 48.0 Å². The van der Waals surface area contributed by atoms with Crippen LogP contribution in [0.25, 0.3) is 22.2 Å². The number of carbonyl (C=O) groups excluding carboxylic acids is 1. The number of benzene rings is 2. The summed E-state index contributed by atoms with van der Waals surface area (Å²) in [6.45, 7) is 1.74. The van der Waals surface area contributed by atoms with Crippen LogP contribution in [0, 0.1) is 18.3 Å². The maximum absolute atomic E-state index is 13.0. The minimum absolute atomic E-state index is 0.100. The van der Waals surface area contributed by atoms with E-state index in [0.29, 0.717) is 16.4 Å². The summed E-state index contributed by atoms with van der Waals surface area (Å²) in [5.41, 5.74) is 1.80. The lowest BCUT2D eigenvalue weighted by atomic mass is 10.2. The molecule has 0 atom stereocenters. The minimum Gasteiger partial charge on any atom is -0.315 e. The summed E-state index contributed by atoms with van der Waals surface area (Å²) in [6.07, 6.45) is 1.51. The molecule has 164 valence electrons. The molecule has 2 aromatic heterocycles. The van der Waals surface area contributed by atoms with Gasteiger partial charge in [-0.15, -0.1) is 11.3 Å². The van der Waals surface area contributed by atoms with Gasteiger partial charge in [0.05, 0.1) is 11.4 Å². The Morgan fingerprint density at radius 2 is 1.79 bits per heavy atom. The van der Waals surface area contributed by atoms with Gasteiger partial charge in [0.25, 0.3) is 11.5 Å². The van der Waals surface area contributed by atoms with E-state index in [1.807, 2.05) is 60.7 Å². The van der Waals surface area contributed by atoms with Crippen LogP contribution in [0.3, 0.4) is 0 Å². The lowest BCUT2D eigenvalue weighted by Gasteiger charge is -2.07. The number of aromatic nitrogens is 2. The molecular formula is C25H19ClN4O2S. The smallest absolute Gasteiger partial charge is 0.295 e. The Balaban J connectivity index is 1.63. The van der Waals surface area contributed by atoms with E-state index in [9.17, 15) is 14.9 Å². The highest BCUT2D eigenvalue weighted by Crippen LogP contribution is 2.34. The molecule has 0 aliphatic carbocycles. The van der Waals surface area contributed by atoms with Gasteiger partial charge in [-0.05, 0) is 43.3 Å². The fourth-order valence-electron chi connectivity index (χ4n) is 3.42. The summed E-state index contributed by atoms with van der Waals surface area (Å²) >= 11 is 7.69. The molecule has 2 heterocycles. The predicted molar refractivity (Wildman–Crippen MR) is 133 cm³/mol. The molecule has 0 spiro atoms. The number of nitriles is 1.